The summed E-state index contributed by atoms with van der Waals surface area (Å²) >= 11 is 1.47. The monoisotopic (exact) mass is 291 g/mol. The molecule has 0 aromatic carbocycles. The largest absolute Gasteiger partial charge is 0.350 e. The number of hydrogen-bond donors (Lipinski definition) is 2. The summed E-state index contributed by atoms with van der Waals surface area (Å²) in [5, 5.41) is 4.86. The number of alkyl halides is 2. The van der Waals surface area contributed by atoms with Gasteiger partial charge in [-0.25, -0.2) is 13.8 Å². The zero-order chi connectivity index (χ0) is 14.7. The van der Waals surface area contributed by atoms with Crippen molar-refractivity contribution < 1.29 is 13.6 Å². The first-order chi connectivity index (χ1) is 8.64. The predicted molar refractivity (Wildman–Crippen MR) is 71.5 cm³/mol. The Hall–Kier alpha value is -1.08. The van der Waals surface area contributed by atoms with Crippen molar-refractivity contribution >= 4 is 17.2 Å². The second-order valence-corrected chi connectivity index (χ2v) is 6.27. The van der Waals surface area contributed by atoms with Gasteiger partial charge in [-0.15, -0.1) is 11.3 Å². The summed E-state index contributed by atoms with van der Waals surface area (Å²) in [6.07, 6.45) is 0.00717. The van der Waals surface area contributed by atoms with Gasteiger partial charge in [-0.3, -0.25) is 4.79 Å². The Labute approximate surface area is 115 Å². The van der Waals surface area contributed by atoms with E-state index in [1.165, 1.54) is 11.3 Å². The molecule has 0 aliphatic rings. The average molecular weight is 291 g/mol. The van der Waals surface area contributed by atoms with Crippen LogP contribution in [0.5, 0.6) is 0 Å². The van der Waals surface area contributed by atoms with Gasteiger partial charge in [0.25, 0.3) is 5.92 Å². The molecule has 4 nitrogen and oxygen atoms in total. The van der Waals surface area contributed by atoms with Crippen molar-refractivity contribution in [3.05, 3.63) is 16.1 Å². The maximum Gasteiger partial charge on any atom is 0.277 e. The number of amides is 1. The summed E-state index contributed by atoms with van der Waals surface area (Å²) in [6, 6.07) is 0. The first kappa shape index (κ1) is 16.0. The van der Waals surface area contributed by atoms with E-state index in [0.717, 1.165) is 5.01 Å². The highest BCUT2D eigenvalue weighted by molar-refractivity contribution is 7.09. The summed E-state index contributed by atoms with van der Waals surface area (Å²) in [6.45, 7) is 4.56. The van der Waals surface area contributed by atoms with Crippen molar-refractivity contribution in [3.63, 3.8) is 0 Å². The SMILES string of the molecule is CC(C)(C)c1nc(CC(=O)NCC(F)(F)CN)cs1. The molecule has 0 saturated heterocycles. The molecule has 0 atom stereocenters. The molecule has 19 heavy (non-hydrogen) atoms. The third-order valence-corrected chi connectivity index (χ3v) is 3.69. The Bertz CT molecular complexity index is 440. The van der Waals surface area contributed by atoms with E-state index in [0.29, 0.717) is 5.69 Å². The van der Waals surface area contributed by atoms with Gasteiger partial charge in [0.2, 0.25) is 5.91 Å². The first-order valence-corrected chi connectivity index (χ1v) is 6.81. The van der Waals surface area contributed by atoms with Crippen molar-refractivity contribution in [2.24, 2.45) is 5.73 Å². The summed E-state index contributed by atoms with van der Waals surface area (Å²) in [5.74, 6) is -3.53. The number of nitrogens with two attached hydrogens (primary N) is 1. The number of nitrogens with one attached hydrogen (secondary N) is 1. The van der Waals surface area contributed by atoms with Gasteiger partial charge in [0.15, 0.2) is 0 Å². The Balaban J connectivity index is 2.52. The highest BCUT2D eigenvalue weighted by atomic mass is 32.1. The number of thiazole rings is 1. The van der Waals surface area contributed by atoms with Crippen molar-refractivity contribution in [2.75, 3.05) is 13.1 Å². The van der Waals surface area contributed by atoms with Crippen molar-refractivity contribution in [1.82, 2.24) is 10.3 Å². The third-order valence-electron chi connectivity index (χ3n) is 2.38. The van der Waals surface area contributed by atoms with E-state index in [2.05, 4.69) is 10.3 Å². The van der Waals surface area contributed by atoms with Gasteiger partial charge in [0.05, 0.1) is 30.2 Å². The summed E-state index contributed by atoms with van der Waals surface area (Å²) < 4.78 is 25.7. The zero-order valence-corrected chi connectivity index (χ0v) is 12.1. The van der Waals surface area contributed by atoms with Crippen molar-refractivity contribution in [2.45, 2.75) is 38.5 Å². The highest BCUT2D eigenvalue weighted by Crippen LogP contribution is 2.25. The Morgan fingerprint density at radius 3 is 2.58 bits per heavy atom. The summed E-state index contributed by atoms with van der Waals surface area (Å²) in [4.78, 5) is 15.8. The van der Waals surface area contributed by atoms with Crippen LogP contribution in [-0.2, 0) is 16.6 Å². The van der Waals surface area contributed by atoms with Crippen LogP contribution in [-0.4, -0.2) is 29.9 Å². The molecule has 0 bridgehead atoms. The molecule has 1 aromatic rings. The second kappa shape index (κ2) is 5.92. The van der Waals surface area contributed by atoms with E-state index in [1.54, 1.807) is 5.38 Å². The van der Waals surface area contributed by atoms with E-state index in [1.807, 2.05) is 20.8 Å². The predicted octanol–water partition coefficient (Wildman–Crippen LogP) is 1.69. The fraction of sp³-hybridized carbons (Fsp3) is 0.667. The minimum absolute atomic E-state index is 0.00717. The van der Waals surface area contributed by atoms with Crippen LogP contribution in [0.25, 0.3) is 0 Å². The van der Waals surface area contributed by atoms with Crippen LogP contribution >= 0.6 is 11.3 Å². The van der Waals surface area contributed by atoms with Gasteiger partial charge < -0.3 is 11.1 Å². The van der Waals surface area contributed by atoms with Crippen LogP contribution in [0.2, 0.25) is 0 Å². The van der Waals surface area contributed by atoms with Gasteiger partial charge in [-0.1, -0.05) is 20.8 Å². The van der Waals surface area contributed by atoms with Crippen LogP contribution in [0.4, 0.5) is 8.78 Å². The Morgan fingerprint density at radius 2 is 2.11 bits per heavy atom. The lowest BCUT2D eigenvalue weighted by Gasteiger charge is -2.14. The lowest BCUT2D eigenvalue weighted by atomic mass is 9.98. The molecule has 0 saturated carbocycles. The maximum atomic E-state index is 12.9. The number of nitrogens with zero attached hydrogens (tertiary/aromatic N) is 1. The van der Waals surface area contributed by atoms with Crippen LogP contribution in [0, 0.1) is 0 Å². The molecule has 0 aliphatic carbocycles. The summed E-state index contributed by atoms with van der Waals surface area (Å²) in [5.41, 5.74) is 5.41. The molecule has 0 aliphatic heterocycles. The molecule has 1 aromatic heterocycles. The molecule has 7 heteroatoms. The van der Waals surface area contributed by atoms with E-state index >= 15 is 0 Å². The standard InChI is InChI=1S/C12H19F2N3OS/c1-11(2,3)10-17-8(5-19-10)4-9(18)16-7-12(13,14)6-15/h5H,4,6-7,15H2,1-3H3,(H,16,18). The molecule has 3 N–H and O–H groups in total. The highest BCUT2D eigenvalue weighted by Gasteiger charge is 2.27. The van der Waals surface area contributed by atoms with Crippen molar-refractivity contribution in [3.8, 4) is 0 Å². The fourth-order valence-electron chi connectivity index (χ4n) is 1.26. The fourth-order valence-corrected chi connectivity index (χ4v) is 2.17. The maximum absolute atomic E-state index is 12.9. The molecule has 1 heterocycles. The molecule has 0 spiro atoms. The Kier molecular flexibility index (Phi) is 4.98. The molecule has 1 amide bonds. The van der Waals surface area contributed by atoms with E-state index < -0.39 is 24.9 Å². The van der Waals surface area contributed by atoms with Crippen LogP contribution in [0.15, 0.2) is 5.38 Å². The van der Waals surface area contributed by atoms with E-state index in [4.69, 9.17) is 5.73 Å². The average Bonchev–Trinajstić information content (AvgIpc) is 2.75. The molecular weight excluding hydrogens is 272 g/mol. The van der Waals surface area contributed by atoms with Crippen LogP contribution < -0.4 is 11.1 Å². The minimum atomic E-state index is -3.06. The number of aromatic nitrogens is 1. The third kappa shape index (κ3) is 5.20. The molecule has 0 radical (unpaired) electrons. The van der Waals surface area contributed by atoms with Gasteiger partial charge in [0.1, 0.15) is 0 Å². The first-order valence-electron chi connectivity index (χ1n) is 5.93. The minimum Gasteiger partial charge on any atom is -0.350 e. The normalized spacial score (nSPS) is 12.5. The molecule has 0 fully saturated rings. The van der Waals surface area contributed by atoms with E-state index in [-0.39, 0.29) is 11.8 Å². The number of hydrogen-bond acceptors (Lipinski definition) is 4. The zero-order valence-electron chi connectivity index (χ0n) is 11.3. The topological polar surface area (TPSA) is 68.0 Å². The van der Waals surface area contributed by atoms with Gasteiger partial charge in [-0.2, -0.15) is 0 Å². The lowest BCUT2D eigenvalue weighted by molar-refractivity contribution is -0.122. The lowest BCUT2D eigenvalue weighted by Crippen LogP contribution is -2.42. The quantitative estimate of drug-likeness (QED) is 0.867. The number of rotatable bonds is 5. The number of carbonyl (C=O) groups excluding carboxylic acids is 1. The van der Waals surface area contributed by atoms with E-state index in [9.17, 15) is 13.6 Å². The smallest absolute Gasteiger partial charge is 0.277 e. The Morgan fingerprint density at radius 1 is 1.47 bits per heavy atom. The van der Waals surface area contributed by atoms with Gasteiger partial charge in [0, 0.05) is 10.8 Å². The molecular formula is C12H19F2N3OS. The second-order valence-electron chi connectivity index (χ2n) is 5.41. The summed E-state index contributed by atoms with van der Waals surface area (Å²) in [7, 11) is 0. The van der Waals surface area contributed by atoms with Gasteiger partial charge >= 0.3 is 0 Å². The van der Waals surface area contributed by atoms with Crippen LogP contribution in [0.1, 0.15) is 31.5 Å². The number of halogens is 2. The number of carbonyl (C=O) groups is 1. The molecule has 108 valence electrons. The van der Waals surface area contributed by atoms with Crippen LogP contribution in [0.3, 0.4) is 0 Å². The molecule has 1 rings (SSSR count). The van der Waals surface area contributed by atoms with Gasteiger partial charge in [-0.05, 0) is 0 Å². The molecule has 0 unspecified atom stereocenters. The van der Waals surface area contributed by atoms with Crippen molar-refractivity contribution in [1.29, 1.82) is 0 Å².